The number of fused-ring (bicyclic) bond motifs is 3. The third-order valence-electron chi connectivity index (χ3n) is 4.00. The highest BCUT2D eigenvalue weighted by Gasteiger charge is 2.27. The van der Waals surface area contributed by atoms with E-state index in [-0.39, 0.29) is 0 Å². The summed E-state index contributed by atoms with van der Waals surface area (Å²) in [4.78, 5) is 0. The summed E-state index contributed by atoms with van der Waals surface area (Å²) >= 11 is 0. The van der Waals surface area contributed by atoms with E-state index in [4.69, 9.17) is 0 Å². The second-order valence-corrected chi connectivity index (χ2v) is 5.11. The van der Waals surface area contributed by atoms with Crippen molar-refractivity contribution < 1.29 is 0 Å². The molecule has 0 spiro atoms. The first-order valence-corrected chi connectivity index (χ1v) is 6.29. The van der Waals surface area contributed by atoms with Gasteiger partial charge in [-0.25, -0.2) is 0 Å². The zero-order valence-electron chi connectivity index (χ0n) is 9.90. The van der Waals surface area contributed by atoms with Gasteiger partial charge in [-0.05, 0) is 57.2 Å². The second kappa shape index (κ2) is 3.10. The molecule has 0 bridgehead atoms. The quantitative estimate of drug-likeness (QED) is 0.627. The van der Waals surface area contributed by atoms with E-state index in [1.165, 1.54) is 33.6 Å². The lowest BCUT2D eigenvalue weighted by atomic mass is 9.86. The molecule has 0 fully saturated rings. The Bertz CT molecular complexity index is 724. The topological polar surface area (TPSA) is 0 Å². The van der Waals surface area contributed by atoms with Gasteiger partial charge < -0.3 is 0 Å². The fourth-order valence-corrected chi connectivity index (χ4v) is 3.24. The SMILES string of the molecule is CC1CC=CC2=C1C1=c3ccccc3=CC1=C2. The maximum Gasteiger partial charge on any atom is -0.00641 e. The molecule has 0 aliphatic heterocycles. The lowest BCUT2D eigenvalue weighted by Crippen LogP contribution is -2.23. The summed E-state index contributed by atoms with van der Waals surface area (Å²) in [6.45, 7) is 2.34. The molecule has 0 heteroatoms. The first-order valence-electron chi connectivity index (χ1n) is 6.29. The predicted octanol–water partition coefficient (Wildman–Crippen LogP) is 2.46. The Morgan fingerprint density at radius 1 is 1.12 bits per heavy atom. The highest BCUT2D eigenvalue weighted by atomic mass is 14.3. The lowest BCUT2D eigenvalue weighted by molar-refractivity contribution is 0.705. The fourth-order valence-electron chi connectivity index (χ4n) is 3.24. The molecule has 17 heavy (non-hydrogen) atoms. The van der Waals surface area contributed by atoms with Crippen LogP contribution in [0.25, 0.3) is 11.6 Å². The van der Waals surface area contributed by atoms with Crippen LogP contribution in [-0.2, 0) is 0 Å². The van der Waals surface area contributed by atoms with E-state index in [9.17, 15) is 0 Å². The summed E-state index contributed by atoms with van der Waals surface area (Å²) in [5, 5.41) is 2.80. The van der Waals surface area contributed by atoms with Crippen molar-refractivity contribution in [1.82, 2.24) is 0 Å². The van der Waals surface area contributed by atoms with Gasteiger partial charge in [-0.3, -0.25) is 0 Å². The van der Waals surface area contributed by atoms with Crippen molar-refractivity contribution in [2.45, 2.75) is 13.3 Å². The van der Waals surface area contributed by atoms with E-state index >= 15 is 0 Å². The van der Waals surface area contributed by atoms with Crippen molar-refractivity contribution in [3.63, 3.8) is 0 Å². The Morgan fingerprint density at radius 3 is 2.94 bits per heavy atom. The van der Waals surface area contributed by atoms with Crippen LogP contribution in [0.3, 0.4) is 0 Å². The fraction of sp³-hybridized carbons (Fsp3) is 0.176. The van der Waals surface area contributed by atoms with Crippen molar-refractivity contribution >= 4 is 11.6 Å². The molecule has 0 heterocycles. The number of hydrogen-bond donors (Lipinski definition) is 0. The zero-order valence-corrected chi connectivity index (χ0v) is 9.90. The van der Waals surface area contributed by atoms with Crippen LogP contribution in [0, 0.1) is 5.92 Å². The van der Waals surface area contributed by atoms with E-state index in [1.807, 2.05) is 0 Å². The maximum atomic E-state index is 2.34. The van der Waals surface area contributed by atoms with Gasteiger partial charge >= 0.3 is 0 Å². The number of allylic oxidation sites excluding steroid dienone is 6. The Morgan fingerprint density at radius 2 is 2.00 bits per heavy atom. The van der Waals surface area contributed by atoms with Crippen molar-refractivity contribution in [3.8, 4) is 0 Å². The largest absolute Gasteiger partial charge is 0.0833 e. The van der Waals surface area contributed by atoms with Crippen LogP contribution in [0.1, 0.15) is 13.3 Å². The average Bonchev–Trinajstić information content (AvgIpc) is 2.84. The minimum absolute atomic E-state index is 0.651. The Balaban J connectivity index is 2.11. The number of rotatable bonds is 0. The van der Waals surface area contributed by atoms with Gasteiger partial charge in [0.05, 0.1) is 0 Å². The molecule has 0 saturated carbocycles. The molecule has 3 aliphatic rings. The summed E-state index contributed by atoms with van der Waals surface area (Å²) < 4.78 is 0. The summed E-state index contributed by atoms with van der Waals surface area (Å²) in [6.07, 6.45) is 10.4. The molecule has 0 saturated heterocycles. The molecule has 1 aromatic carbocycles. The Labute approximate surface area is 101 Å². The van der Waals surface area contributed by atoms with Gasteiger partial charge in [0.2, 0.25) is 0 Å². The number of benzene rings is 1. The zero-order chi connectivity index (χ0) is 11.4. The summed E-state index contributed by atoms with van der Waals surface area (Å²) in [5.41, 5.74) is 5.89. The van der Waals surface area contributed by atoms with Crippen LogP contribution in [0.4, 0.5) is 0 Å². The smallest absolute Gasteiger partial charge is 0.00641 e. The molecule has 1 unspecified atom stereocenters. The molecule has 4 rings (SSSR count). The van der Waals surface area contributed by atoms with Gasteiger partial charge in [-0.1, -0.05) is 43.3 Å². The first-order chi connectivity index (χ1) is 8.34. The van der Waals surface area contributed by atoms with Crippen LogP contribution in [0.15, 0.2) is 59.2 Å². The van der Waals surface area contributed by atoms with E-state index in [0.29, 0.717) is 5.92 Å². The summed E-state index contributed by atoms with van der Waals surface area (Å²) in [6, 6.07) is 8.73. The predicted molar refractivity (Wildman–Crippen MR) is 71.6 cm³/mol. The molecule has 0 amide bonds. The Hall–Kier alpha value is -1.82. The van der Waals surface area contributed by atoms with Gasteiger partial charge in [-0.2, -0.15) is 0 Å². The van der Waals surface area contributed by atoms with Gasteiger partial charge in [0.25, 0.3) is 0 Å². The minimum Gasteiger partial charge on any atom is -0.0833 e. The standard InChI is InChI=1S/C17H14/c1-11-5-4-7-13-10-14-9-12-6-2-3-8-15(12)17(14)16(11)13/h2-4,6-11H,5H2,1H3. The maximum absolute atomic E-state index is 2.34. The molecule has 0 N–H and O–H groups in total. The molecular weight excluding hydrogens is 204 g/mol. The van der Waals surface area contributed by atoms with E-state index in [1.54, 1.807) is 5.57 Å². The van der Waals surface area contributed by atoms with Crippen molar-refractivity contribution in [1.29, 1.82) is 0 Å². The highest BCUT2D eigenvalue weighted by Crippen LogP contribution is 2.41. The average molecular weight is 218 g/mol. The third kappa shape index (κ3) is 1.13. The van der Waals surface area contributed by atoms with Crippen LogP contribution >= 0.6 is 0 Å². The first kappa shape index (κ1) is 9.23. The summed E-state index contributed by atoms with van der Waals surface area (Å²) in [7, 11) is 0. The number of hydrogen-bond acceptors (Lipinski definition) is 0. The molecule has 82 valence electrons. The second-order valence-electron chi connectivity index (χ2n) is 5.11. The van der Waals surface area contributed by atoms with E-state index in [2.05, 4.69) is 55.5 Å². The Kier molecular flexibility index (Phi) is 1.69. The minimum atomic E-state index is 0.651. The molecule has 3 aliphatic carbocycles. The molecule has 0 nitrogen and oxygen atoms in total. The molecular formula is C17H14. The van der Waals surface area contributed by atoms with Crippen molar-refractivity contribution in [2.24, 2.45) is 5.92 Å². The molecule has 1 atom stereocenters. The van der Waals surface area contributed by atoms with Gasteiger partial charge in [0.15, 0.2) is 0 Å². The van der Waals surface area contributed by atoms with Gasteiger partial charge in [-0.15, -0.1) is 0 Å². The highest BCUT2D eigenvalue weighted by molar-refractivity contribution is 5.96. The summed E-state index contributed by atoms with van der Waals surface area (Å²) in [5.74, 6) is 0.651. The lowest BCUT2D eigenvalue weighted by Gasteiger charge is -2.18. The van der Waals surface area contributed by atoms with Crippen LogP contribution in [0.2, 0.25) is 0 Å². The monoisotopic (exact) mass is 218 g/mol. The van der Waals surface area contributed by atoms with Crippen LogP contribution in [-0.4, -0.2) is 0 Å². The molecule has 0 aromatic heterocycles. The van der Waals surface area contributed by atoms with Crippen molar-refractivity contribution in [3.05, 3.63) is 69.7 Å². The van der Waals surface area contributed by atoms with Gasteiger partial charge in [0, 0.05) is 0 Å². The molecule has 1 aromatic rings. The molecule has 0 radical (unpaired) electrons. The third-order valence-corrected chi connectivity index (χ3v) is 4.00. The van der Waals surface area contributed by atoms with Crippen molar-refractivity contribution in [2.75, 3.05) is 0 Å². The van der Waals surface area contributed by atoms with Crippen LogP contribution < -0.4 is 10.4 Å². The van der Waals surface area contributed by atoms with E-state index < -0.39 is 0 Å². The van der Waals surface area contributed by atoms with E-state index in [0.717, 1.165) is 0 Å². The van der Waals surface area contributed by atoms with Gasteiger partial charge in [0.1, 0.15) is 0 Å². The van der Waals surface area contributed by atoms with Crippen LogP contribution in [0.5, 0.6) is 0 Å². The normalized spacial score (nSPS) is 24.2.